The van der Waals surface area contributed by atoms with E-state index in [0.29, 0.717) is 10.9 Å². The van der Waals surface area contributed by atoms with Crippen molar-refractivity contribution in [1.82, 2.24) is 14.8 Å². The summed E-state index contributed by atoms with van der Waals surface area (Å²) in [6.07, 6.45) is -2.19. The Morgan fingerprint density at radius 2 is 1.95 bits per heavy atom. The van der Waals surface area contributed by atoms with Crippen LogP contribution in [0.5, 0.6) is 0 Å². The third-order valence-electron chi connectivity index (χ3n) is 3.27. The molecule has 7 heteroatoms. The number of Topliss-reactive ketones (excluding diaryl/α,β-unsaturated/α-hetero) is 1. The molecule has 0 fully saturated rings. The van der Waals surface area contributed by atoms with E-state index < -0.39 is 23.2 Å². The van der Waals surface area contributed by atoms with Crippen LogP contribution in [-0.4, -0.2) is 20.5 Å². The van der Waals surface area contributed by atoms with Gasteiger partial charge in [0.1, 0.15) is 0 Å². The number of hydrogen-bond acceptors (Lipinski definition) is 3. The van der Waals surface area contributed by atoms with Crippen LogP contribution >= 0.6 is 0 Å². The third-order valence-corrected chi connectivity index (χ3v) is 3.27. The van der Waals surface area contributed by atoms with Crippen molar-refractivity contribution in [1.29, 1.82) is 0 Å². The minimum absolute atomic E-state index is 0.227. The van der Waals surface area contributed by atoms with Gasteiger partial charge in [-0.3, -0.25) is 9.78 Å². The van der Waals surface area contributed by atoms with Crippen molar-refractivity contribution in [3.63, 3.8) is 0 Å². The molecule has 3 rings (SSSR count). The molecule has 0 unspecified atom stereocenters. The molecule has 0 N–H and O–H groups in total. The van der Waals surface area contributed by atoms with Gasteiger partial charge in [-0.05, 0) is 31.2 Å². The number of halogens is 3. The number of pyridine rings is 1. The molecule has 0 amide bonds. The summed E-state index contributed by atoms with van der Waals surface area (Å²) in [7, 11) is 0. The maximum absolute atomic E-state index is 13.4. The van der Waals surface area contributed by atoms with Gasteiger partial charge in [-0.25, -0.2) is 4.68 Å². The molecule has 22 heavy (non-hydrogen) atoms. The van der Waals surface area contributed by atoms with Crippen molar-refractivity contribution in [3.8, 4) is 5.69 Å². The lowest BCUT2D eigenvalue weighted by Gasteiger charge is -2.13. The summed E-state index contributed by atoms with van der Waals surface area (Å²) in [5.74, 6) is -0.683. The van der Waals surface area contributed by atoms with Crippen LogP contribution in [0.2, 0.25) is 0 Å². The number of benzene rings is 1. The average Bonchev–Trinajstić information content (AvgIpc) is 2.91. The molecule has 0 bridgehead atoms. The summed E-state index contributed by atoms with van der Waals surface area (Å²) in [5, 5.41) is 4.29. The molecule has 0 spiro atoms. The fourth-order valence-corrected chi connectivity index (χ4v) is 2.33. The van der Waals surface area contributed by atoms with Crippen LogP contribution < -0.4 is 0 Å². The number of fused-ring (bicyclic) bond motifs is 1. The molecule has 2 aromatic heterocycles. The summed E-state index contributed by atoms with van der Waals surface area (Å²) in [5.41, 5.74) is -0.747. The molecule has 1 aromatic carbocycles. The van der Waals surface area contributed by atoms with Crippen LogP contribution in [0.25, 0.3) is 16.6 Å². The third kappa shape index (κ3) is 2.24. The van der Waals surface area contributed by atoms with E-state index in [-0.39, 0.29) is 5.69 Å². The standard InChI is InChI=1S/C15H10F3N3O/c1-9(22)11-8-20-21(14(11)15(16,17)18)13-6-2-5-12-10(13)4-3-7-19-12/h2-8H,1H3. The molecule has 112 valence electrons. The second-order valence-corrected chi connectivity index (χ2v) is 4.72. The number of carbonyl (C=O) groups is 1. The van der Waals surface area contributed by atoms with Crippen LogP contribution in [0.15, 0.2) is 42.7 Å². The lowest BCUT2D eigenvalue weighted by molar-refractivity contribution is -0.143. The molecular weight excluding hydrogens is 295 g/mol. The van der Waals surface area contributed by atoms with E-state index in [1.165, 1.54) is 6.07 Å². The van der Waals surface area contributed by atoms with Gasteiger partial charge in [-0.2, -0.15) is 18.3 Å². The van der Waals surface area contributed by atoms with Crippen molar-refractivity contribution < 1.29 is 18.0 Å². The van der Waals surface area contributed by atoms with Crippen LogP contribution in [0.4, 0.5) is 13.2 Å². The van der Waals surface area contributed by atoms with E-state index in [1.54, 1.807) is 30.5 Å². The first kappa shape index (κ1) is 14.2. The van der Waals surface area contributed by atoms with Gasteiger partial charge in [0.15, 0.2) is 11.5 Å². The van der Waals surface area contributed by atoms with E-state index in [4.69, 9.17) is 0 Å². The molecule has 0 aliphatic carbocycles. The fraction of sp³-hybridized carbons (Fsp3) is 0.133. The first-order chi connectivity index (χ1) is 10.4. The zero-order valence-corrected chi connectivity index (χ0v) is 11.4. The summed E-state index contributed by atoms with van der Waals surface area (Å²) in [6, 6.07) is 8.10. The fourth-order valence-electron chi connectivity index (χ4n) is 2.33. The van der Waals surface area contributed by atoms with Gasteiger partial charge in [0.05, 0.1) is 23.0 Å². The second-order valence-electron chi connectivity index (χ2n) is 4.72. The Bertz CT molecular complexity index is 863. The monoisotopic (exact) mass is 305 g/mol. The minimum Gasteiger partial charge on any atom is -0.294 e. The summed E-state index contributed by atoms with van der Waals surface area (Å²) in [4.78, 5) is 15.6. The van der Waals surface area contributed by atoms with Gasteiger partial charge >= 0.3 is 6.18 Å². The Morgan fingerprint density at radius 3 is 2.64 bits per heavy atom. The Labute approximate surface area is 123 Å². The molecule has 4 nitrogen and oxygen atoms in total. The van der Waals surface area contributed by atoms with Gasteiger partial charge < -0.3 is 0 Å². The van der Waals surface area contributed by atoms with Crippen molar-refractivity contribution in [2.75, 3.05) is 0 Å². The maximum Gasteiger partial charge on any atom is 0.434 e. The number of nitrogens with zero attached hydrogens (tertiary/aromatic N) is 3. The van der Waals surface area contributed by atoms with Gasteiger partial charge in [0, 0.05) is 11.6 Å². The molecule has 0 radical (unpaired) electrons. The molecule has 0 saturated heterocycles. The lowest BCUT2D eigenvalue weighted by atomic mass is 10.1. The number of alkyl halides is 3. The molecular formula is C15H10F3N3O. The number of carbonyl (C=O) groups excluding carboxylic acids is 1. The molecule has 0 aliphatic rings. The van der Waals surface area contributed by atoms with Gasteiger partial charge in [0.2, 0.25) is 0 Å². The Balaban J connectivity index is 2.35. The predicted molar refractivity (Wildman–Crippen MR) is 73.9 cm³/mol. The van der Waals surface area contributed by atoms with E-state index in [0.717, 1.165) is 17.8 Å². The Morgan fingerprint density at radius 1 is 1.18 bits per heavy atom. The second kappa shape index (κ2) is 4.94. The van der Waals surface area contributed by atoms with Crippen molar-refractivity contribution in [2.24, 2.45) is 0 Å². The molecule has 3 aromatic rings. The number of hydrogen-bond donors (Lipinski definition) is 0. The number of rotatable bonds is 2. The van der Waals surface area contributed by atoms with Crippen LogP contribution in [0.3, 0.4) is 0 Å². The summed E-state index contributed by atoms with van der Waals surface area (Å²) >= 11 is 0. The zero-order valence-electron chi connectivity index (χ0n) is 11.4. The van der Waals surface area contributed by atoms with Crippen LogP contribution in [-0.2, 0) is 6.18 Å². The average molecular weight is 305 g/mol. The van der Waals surface area contributed by atoms with E-state index in [1.807, 2.05) is 0 Å². The quantitative estimate of drug-likeness (QED) is 0.679. The van der Waals surface area contributed by atoms with Gasteiger partial charge in [-0.1, -0.05) is 6.07 Å². The normalized spacial score (nSPS) is 11.8. The van der Waals surface area contributed by atoms with Crippen molar-refractivity contribution in [3.05, 3.63) is 54.0 Å². The smallest absolute Gasteiger partial charge is 0.294 e. The first-order valence-electron chi connectivity index (χ1n) is 6.40. The molecule has 2 heterocycles. The largest absolute Gasteiger partial charge is 0.434 e. The highest BCUT2D eigenvalue weighted by atomic mass is 19.4. The Kier molecular flexibility index (Phi) is 3.20. The summed E-state index contributed by atoms with van der Waals surface area (Å²) < 4.78 is 40.8. The van der Waals surface area contributed by atoms with Crippen LogP contribution in [0, 0.1) is 0 Å². The van der Waals surface area contributed by atoms with Crippen molar-refractivity contribution in [2.45, 2.75) is 13.1 Å². The van der Waals surface area contributed by atoms with Crippen molar-refractivity contribution >= 4 is 16.7 Å². The van der Waals surface area contributed by atoms with E-state index in [2.05, 4.69) is 10.1 Å². The van der Waals surface area contributed by atoms with E-state index in [9.17, 15) is 18.0 Å². The van der Waals surface area contributed by atoms with E-state index >= 15 is 0 Å². The summed E-state index contributed by atoms with van der Waals surface area (Å²) in [6.45, 7) is 1.08. The van der Waals surface area contributed by atoms with Gasteiger partial charge in [0.25, 0.3) is 0 Å². The minimum atomic E-state index is -4.69. The maximum atomic E-state index is 13.4. The highest BCUT2D eigenvalue weighted by Gasteiger charge is 2.40. The Hall–Kier alpha value is -2.70. The molecule has 0 aliphatic heterocycles. The SMILES string of the molecule is CC(=O)c1cnn(-c2cccc3ncccc23)c1C(F)(F)F. The number of ketones is 1. The topological polar surface area (TPSA) is 47.8 Å². The molecule has 0 saturated carbocycles. The van der Waals surface area contributed by atoms with Crippen LogP contribution in [0.1, 0.15) is 23.0 Å². The molecule has 0 atom stereocenters. The van der Waals surface area contributed by atoms with Gasteiger partial charge in [-0.15, -0.1) is 0 Å². The first-order valence-corrected chi connectivity index (χ1v) is 6.40. The highest BCUT2D eigenvalue weighted by molar-refractivity contribution is 5.95. The number of aromatic nitrogens is 3. The predicted octanol–water partition coefficient (Wildman–Crippen LogP) is 3.64. The lowest BCUT2D eigenvalue weighted by Crippen LogP contribution is -2.17. The zero-order chi connectivity index (χ0) is 15.9. The highest BCUT2D eigenvalue weighted by Crippen LogP contribution is 2.35.